The third kappa shape index (κ3) is 3.95. The smallest absolute Gasteiger partial charge is 0.370 e. The maximum absolute atomic E-state index is 13.1. The van der Waals surface area contributed by atoms with Crippen LogP contribution in [-0.2, 0) is 6.18 Å². The summed E-state index contributed by atoms with van der Waals surface area (Å²) in [6.45, 7) is 1.52. The first-order chi connectivity index (χ1) is 12.4. The number of nitrogens with zero attached hydrogens (tertiary/aromatic N) is 2. The monoisotopic (exact) mass is 381 g/mol. The van der Waals surface area contributed by atoms with Crippen LogP contribution in [0, 0.1) is 0 Å². The van der Waals surface area contributed by atoms with Gasteiger partial charge in [0.2, 0.25) is 0 Å². The molecule has 1 saturated heterocycles. The number of carbonyl (C=O) groups is 1. The zero-order chi connectivity index (χ0) is 18.7. The molecule has 0 atom stereocenters. The van der Waals surface area contributed by atoms with Gasteiger partial charge in [-0.1, -0.05) is 0 Å². The number of halogens is 3. The van der Waals surface area contributed by atoms with Crippen LogP contribution in [0.5, 0.6) is 0 Å². The maximum atomic E-state index is 13.1. The highest BCUT2D eigenvalue weighted by molar-refractivity contribution is 7.98. The van der Waals surface area contributed by atoms with Crippen molar-refractivity contribution in [1.29, 1.82) is 0 Å². The average Bonchev–Trinajstić information content (AvgIpc) is 3.15. The Morgan fingerprint density at radius 2 is 1.96 bits per heavy atom. The normalized spacial score (nSPS) is 14.5. The highest BCUT2D eigenvalue weighted by Crippen LogP contribution is 2.36. The van der Waals surface area contributed by atoms with Gasteiger partial charge in [0.05, 0.1) is 22.5 Å². The van der Waals surface area contributed by atoms with Gasteiger partial charge in [-0.25, -0.2) is 4.98 Å². The molecule has 4 nitrogen and oxygen atoms in total. The number of alkyl halides is 3. The Balaban J connectivity index is 1.97. The van der Waals surface area contributed by atoms with Gasteiger partial charge in [0, 0.05) is 19.3 Å². The summed E-state index contributed by atoms with van der Waals surface area (Å²) in [5.41, 5.74) is 0.331. The summed E-state index contributed by atoms with van der Waals surface area (Å²) in [4.78, 5) is 18.8. The van der Waals surface area contributed by atoms with E-state index in [0.29, 0.717) is 16.3 Å². The van der Waals surface area contributed by atoms with Crippen LogP contribution in [-0.4, -0.2) is 30.2 Å². The number of amides is 1. The van der Waals surface area contributed by atoms with E-state index in [2.05, 4.69) is 10.3 Å². The lowest BCUT2D eigenvalue weighted by molar-refractivity contribution is -0.137. The van der Waals surface area contributed by atoms with Gasteiger partial charge in [-0.05, 0) is 49.4 Å². The molecule has 1 aliphatic rings. The van der Waals surface area contributed by atoms with Gasteiger partial charge in [-0.3, -0.25) is 4.79 Å². The summed E-state index contributed by atoms with van der Waals surface area (Å²) >= 11 is 1.31. The highest BCUT2D eigenvalue weighted by atomic mass is 32.2. The van der Waals surface area contributed by atoms with Gasteiger partial charge in [0.1, 0.15) is 5.03 Å². The summed E-state index contributed by atoms with van der Waals surface area (Å²) in [7, 11) is 0. The molecule has 0 unspecified atom stereocenters. The third-order valence-electron chi connectivity index (χ3n) is 4.23. The van der Waals surface area contributed by atoms with Gasteiger partial charge < -0.3 is 10.2 Å². The minimum Gasteiger partial charge on any atom is -0.370 e. The van der Waals surface area contributed by atoms with Crippen LogP contribution in [0.15, 0.2) is 41.6 Å². The molecule has 0 aliphatic carbocycles. The molecule has 3 rings (SSSR count). The maximum Gasteiger partial charge on any atom is 0.416 e. The lowest BCUT2D eigenvalue weighted by Gasteiger charge is -2.23. The molecule has 8 heteroatoms. The van der Waals surface area contributed by atoms with E-state index in [1.54, 1.807) is 24.6 Å². The second-order valence-electron chi connectivity index (χ2n) is 5.94. The number of benzene rings is 1. The summed E-state index contributed by atoms with van der Waals surface area (Å²) in [5.74, 6) is -0.470. The lowest BCUT2D eigenvalue weighted by Crippen LogP contribution is -2.22. The van der Waals surface area contributed by atoms with E-state index in [0.717, 1.165) is 38.1 Å². The van der Waals surface area contributed by atoms with Crippen LogP contribution in [0.4, 0.5) is 24.5 Å². The van der Waals surface area contributed by atoms with Gasteiger partial charge in [-0.15, -0.1) is 11.8 Å². The number of carbonyl (C=O) groups excluding carboxylic acids is 1. The quantitative estimate of drug-likeness (QED) is 0.782. The van der Waals surface area contributed by atoms with Crippen molar-refractivity contribution in [3.8, 4) is 0 Å². The lowest BCUT2D eigenvalue weighted by atomic mass is 10.1. The predicted molar refractivity (Wildman–Crippen MR) is 96.9 cm³/mol. The summed E-state index contributed by atoms with van der Waals surface area (Å²) in [6, 6.07) is 6.73. The van der Waals surface area contributed by atoms with Crippen LogP contribution in [0.3, 0.4) is 0 Å². The molecule has 0 spiro atoms. The molecule has 0 bridgehead atoms. The average molecular weight is 381 g/mol. The van der Waals surface area contributed by atoms with Gasteiger partial charge in [0.15, 0.2) is 0 Å². The second kappa shape index (κ2) is 7.57. The molecule has 0 radical (unpaired) electrons. The zero-order valence-electron chi connectivity index (χ0n) is 14.1. The van der Waals surface area contributed by atoms with Gasteiger partial charge in [-0.2, -0.15) is 13.2 Å². The first kappa shape index (κ1) is 18.6. The number of thioether (sulfide) groups is 1. The molecule has 26 heavy (non-hydrogen) atoms. The Morgan fingerprint density at radius 3 is 2.62 bits per heavy atom. The minimum atomic E-state index is -4.47. The number of hydrogen-bond donors (Lipinski definition) is 1. The molecule has 2 heterocycles. The van der Waals surface area contributed by atoms with Crippen molar-refractivity contribution < 1.29 is 18.0 Å². The number of aromatic nitrogens is 1. The second-order valence-corrected chi connectivity index (χ2v) is 6.73. The molecular formula is C18H18F3N3OS. The van der Waals surface area contributed by atoms with Gasteiger partial charge in [0.25, 0.3) is 5.91 Å². The van der Waals surface area contributed by atoms with Crippen molar-refractivity contribution >= 4 is 29.0 Å². The predicted octanol–water partition coefficient (Wildman–Crippen LogP) is 4.67. The molecule has 138 valence electrons. The van der Waals surface area contributed by atoms with Crippen LogP contribution in [0.25, 0.3) is 0 Å². The fourth-order valence-corrected chi connectivity index (χ4v) is 3.51. The van der Waals surface area contributed by atoms with E-state index in [9.17, 15) is 18.0 Å². The third-order valence-corrected chi connectivity index (χ3v) is 4.94. The van der Waals surface area contributed by atoms with E-state index in [1.165, 1.54) is 17.8 Å². The van der Waals surface area contributed by atoms with E-state index < -0.39 is 17.6 Å². The first-order valence-electron chi connectivity index (χ1n) is 8.16. The fourth-order valence-electron chi connectivity index (χ4n) is 2.96. The van der Waals surface area contributed by atoms with E-state index in [4.69, 9.17) is 0 Å². The zero-order valence-corrected chi connectivity index (χ0v) is 15.0. The molecule has 1 N–H and O–H groups in total. The van der Waals surface area contributed by atoms with E-state index in [-0.39, 0.29) is 5.69 Å². The van der Waals surface area contributed by atoms with Crippen molar-refractivity contribution in [3.05, 3.63) is 47.7 Å². The first-order valence-corrected chi connectivity index (χ1v) is 9.39. The van der Waals surface area contributed by atoms with Crippen LogP contribution in [0.2, 0.25) is 0 Å². The summed E-state index contributed by atoms with van der Waals surface area (Å²) in [6.07, 6.45) is 0.852. The molecular weight excluding hydrogens is 363 g/mol. The Morgan fingerprint density at radius 1 is 1.23 bits per heavy atom. The van der Waals surface area contributed by atoms with Crippen molar-refractivity contribution in [2.24, 2.45) is 0 Å². The van der Waals surface area contributed by atoms with Crippen molar-refractivity contribution in [3.63, 3.8) is 0 Å². The number of rotatable bonds is 4. The van der Waals surface area contributed by atoms with Crippen molar-refractivity contribution in [2.75, 3.05) is 29.6 Å². The summed E-state index contributed by atoms with van der Waals surface area (Å²) in [5, 5.41) is 3.18. The van der Waals surface area contributed by atoms with Crippen molar-refractivity contribution in [1.82, 2.24) is 4.98 Å². The van der Waals surface area contributed by atoms with E-state index in [1.807, 2.05) is 4.90 Å². The summed E-state index contributed by atoms with van der Waals surface area (Å²) < 4.78 is 39.3. The number of nitrogens with one attached hydrogen (secondary N) is 1. The highest BCUT2D eigenvalue weighted by Gasteiger charge is 2.32. The van der Waals surface area contributed by atoms with E-state index >= 15 is 0 Å². The molecule has 1 aliphatic heterocycles. The number of hydrogen-bond acceptors (Lipinski definition) is 4. The molecule has 1 amide bonds. The standard InChI is InChI=1S/C18H18F3N3OS/c1-26-17-13(5-4-8-22-17)16(25)23-14-11-12(18(19,20)21)6-7-15(14)24-9-2-3-10-24/h4-8,11H,2-3,9-10H2,1H3,(H,23,25). The van der Waals surface area contributed by atoms with Crippen LogP contribution >= 0.6 is 11.8 Å². The molecule has 0 saturated carbocycles. The van der Waals surface area contributed by atoms with Crippen LogP contribution in [0.1, 0.15) is 28.8 Å². The molecule has 1 fully saturated rings. The fraction of sp³-hybridized carbons (Fsp3) is 0.333. The minimum absolute atomic E-state index is 0.169. The van der Waals surface area contributed by atoms with Crippen LogP contribution < -0.4 is 10.2 Å². The topological polar surface area (TPSA) is 45.2 Å². The SMILES string of the molecule is CSc1ncccc1C(=O)Nc1cc(C(F)(F)F)ccc1N1CCCC1. The Labute approximate surface area is 153 Å². The Bertz CT molecular complexity index is 805. The Hall–Kier alpha value is -2.22. The molecule has 1 aromatic heterocycles. The largest absolute Gasteiger partial charge is 0.416 e. The van der Waals surface area contributed by atoms with Gasteiger partial charge >= 0.3 is 6.18 Å². The molecule has 1 aromatic carbocycles. The molecule has 2 aromatic rings. The van der Waals surface area contributed by atoms with Crippen molar-refractivity contribution in [2.45, 2.75) is 24.0 Å². The number of anilines is 2. The number of pyridine rings is 1. The Kier molecular flexibility index (Phi) is 5.41.